The quantitative estimate of drug-likeness (QED) is 0.616. The average molecular weight is 386 g/mol. The molecule has 2 heterocycles. The van der Waals surface area contributed by atoms with Crippen LogP contribution in [-0.4, -0.2) is 22.0 Å². The lowest BCUT2D eigenvalue weighted by Crippen LogP contribution is -2.39. The second-order valence-corrected chi connectivity index (χ2v) is 7.58. The van der Waals surface area contributed by atoms with Crippen LogP contribution in [-0.2, 0) is 0 Å². The number of carbonyl (C=O) groups excluding carboxylic acids is 1. The van der Waals surface area contributed by atoms with Gasteiger partial charge in [-0.05, 0) is 49.6 Å². The van der Waals surface area contributed by atoms with Crippen molar-refractivity contribution >= 4 is 11.7 Å². The number of benzene rings is 1. The summed E-state index contributed by atoms with van der Waals surface area (Å²) in [5.74, 6) is 0. The van der Waals surface area contributed by atoms with Crippen LogP contribution in [0.2, 0.25) is 0 Å². The molecular weight excluding hydrogens is 360 g/mol. The molecule has 2 amide bonds. The zero-order valence-electron chi connectivity index (χ0n) is 16.7. The molecule has 2 aromatic heterocycles. The summed E-state index contributed by atoms with van der Waals surface area (Å²) >= 11 is 0. The molecule has 5 heteroatoms. The van der Waals surface area contributed by atoms with E-state index in [0.717, 1.165) is 46.6 Å². The number of urea groups is 1. The lowest BCUT2D eigenvalue weighted by Gasteiger charge is -2.23. The minimum atomic E-state index is -0.137. The van der Waals surface area contributed by atoms with Crippen molar-refractivity contribution in [2.24, 2.45) is 0 Å². The van der Waals surface area contributed by atoms with Crippen molar-refractivity contribution in [2.75, 3.05) is 5.32 Å². The molecule has 0 saturated heterocycles. The first-order valence-corrected chi connectivity index (χ1v) is 10.3. The van der Waals surface area contributed by atoms with E-state index in [4.69, 9.17) is 0 Å². The van der Waals surface area contributed by atoms with Crippen molar-refractivity contribution in [3.8, 4) is 22.5 Å². The monoisotopic (exact) mass is 386 g/mol. The number of amides is 2. The fourth-order valence-electron chi connectivity index (χ4n) is 3.95. The number of hydrogen-bond acceptors (Lipinski definition) is 3. The molecule has 3 aromatic rings. The van der Waals surface area contributed by atoms with Crippen LogP contribution in [0, 0.1) is 6.92 Å². The number of nitrogens with zero attached hydrogens (tertiary/aromatic N) is 2. The van der Waals surface area contributed by atoms with Gasteiger partial charge in [-0.3, -0.25) is 9.97 Å². The van der Waals surface area contributed by atoms with Gasteiger partial charge in [0.05, 0.1) is 17.1 Å². The van der Waals surface area contributed by atoms with Crippen LogP contribution in [0.25, 0.3) is 22.5 Å². The average Bonchev–Trinajstić information content (AvgIpc) is 2.75. The van der Waals surface area contributed by atoms with E-state index in [1.807, 2.05) is 61.7 Å². The highest BCUT2D eigenvalue weighted by molar-refractivity contribution is 5.95. The molecule has 0 radical (unpaired) electrons. The van der Waals surface area contributed by atoms with Crippen LogP contribution in [0.5, 0.6) is 0 Å². The molecular formula is C24H26N4O. The second-order valence-electron chi connectivity index (χ2n) is 7.58. The summed E-state index contributed by atoms with van der Waals surface area (Å²) < 4.78 is 0. The third-order valence-corrected chi connectivity index (χ3v) is 5.44. The largest absolute Gasteiger partial charge is 0.335 e. The number of hydrogen-bond donors (Lipinski definition) is 2. The van der Waals surface area contributed by atoms with Gasteiger partial charge in [0.2, 0.25) is 0 Å². The molecule has 5 nitrogen and oxygen atoms in total. The van der Waals surface area contributed by atoms with Gasteiger partial charge in [0.1, 0.15) is 0 Å². The first-order valence-electron chi connectivity index (χ1n) is 10.3. The van der Waals surface area contributed by atoms with Crippen LogP contribution in [0.15, 0.2) is 60.9 Å². The van der Waals surface area contributed by atoms with Gasteiger partial charge in [-0.2, -0.15) is 0 Å². The summed E-state index contributed by atoms with van der Waals surface area (Å²) in [5, 5.41) is 6.18. The molecule has 0 aliphatic heterocycles. The van der Waals surface area contributed by atoms with E-state index in [9.17, 15) is 4.79 Å². The summed E-state index contributed by atoms with van der Waals surface area (Å²) in [6.45, 7) is 2.05. The van der Waals surface area contributed by atoms with Gasteiger partial charge in [-0.15, -0.1) is 0 Å². The Kier molecular flexibility index (Phi) is 5.84. The highest BCUT2D eigenvalue weighted by Gasteiger charge is 2.17. The van der Waals surface area contributed by atoms with Gasteiger partial charge < -0.3 is 10.6 Å². The Morgan fingerprint density at radius 3 is 2.48 bits per heavy atom. The summed E-state index contributed by atoms with van der Waals surface area (Å²) in [4.78, 5) is 21.5. The van der Waals surface area contributed by atoms with Gasteiger partial charge in [0, 0.05) is 29.6 Å². The van der Waals surface area contributed by atoms with E-state index < -0.39 is 0 Å². The highest BCUT2D eigenvalue weighted by atomic mass is 16.2. The van der Waals surface area contributed by atoms with E-state index in [0.29, 0.717) is 0 Å². The summed E-state index contributed by atoms with van der Waals surface area (Å²) in [5.41, 5.74) is 5.52. The van der Waals surface area contributed by atoms with E-state index in [2.05, 4.69) is 20.6 Å². The molecule has 0 bridgehead atoms. The van der Waals surface area contributed by atoms with Gasteiger partial charge in [-0.1, -0.05) is 43.5 Å². The third-order valence-electron chi connectivity index (χ3n) is 5.44. The van der Waals surface area contributed by atoms with Gasteiger partial charge in [-0.25, -0.2) is 4.79 Å². The van der Waals surface area contributed by atoms with Crippen LogP contribution in [0.4, 0.5) is 10.5 Å². The zero-order chi connectivity index (χ0) is 20.1. The number of aromatic nitrogens is 2. The highest BCUT2D eigenvalue weighted by Crippen LogP contribution is 2.32. The first-order chi connectivity index (χ1) is 14.2. The lowest BCUT2D eigenvalue weighted by atomic mass is 9.96. The summed E-state index contributed by atoms with van der Waals surface area (Å²) in [6.07, 6.45) is 9.38. The zero-order valence-corrected chi connectivity index (χ0v) is 16.7. The molecule has 2 N–H and O–H groups in total. The molecule has 0 unspecified atom stereocenters. The smallest absolute Gasteiger partial charge is 0.319 e. The fourth-order valence-corrected chi connectivity index (χ4v) is 3.95. The molecule has 148 valence electrons. The fraction of sp³-hybridized carbons (Fsp3) is 0.292. The van der Waals surface area contributed by atoms with E-state index >= 15 is 0 Å². The maximum Gasteiger partial charge on any atom is 0.319 e. The Balaban J connectivity index is 1.55. The van der Waals surface area contributed by atoms with E-state index in [1.165, 1.54) is 19.3 Å². The summed E-state index contributed by atoms with van der Waals surface area (Å²) in [7, 11) is 0. The molecule has 1 aliphatic carbocycles. The van der Waals surface area contributed by atoms with Gasteiger partial charge in [0.15, 0.2) is 0 Å². The molecule has 0 atom stereocenters. The predicted molar refractivity (Wildman–Crippen MR) is 117 cm³/mol. The van der Waals surface area contributed by atoms with Crippen molar-refractivity contribution in [2.45, 2.75) is 45.1 Å². The Labute approximate surface area is 171 Å². The minimum Gasteiger partial charge on any atom is -0.335 e. The Bertz CT molecular complexity index is 964. The van der Waals surface area contributed by atoms with Crippen LogP contribution in [0.1, 0.15) is 37.7 Å². The Morgan fingerprint density at radius 2 is 1.76 bits per heavy atom. The number of nitrogens with one attached hydrogen (secondary N) is 2. The number of anilines is 1. The lowest BCUT2D eigenvalue weighted by molar-refractivity contribution is 0.244. The Hall–Kier alpha value is -3.21. The third kappa shape index (κ3) is 4.62. The van der Waals surface area contributed by atoms with Crippen molar-refractivity contribution in [1.82, 2.24) is 15.3 Å². The molecule has 29 heavy (non-hydrogen) atoms. The number of aryl methyl sites for hydroxylation is 1. The Morgan fingerprint density at radius 1 is 0.931 bits per heavy atom. The van der Waals surface area contributed by atoms with Crippen molar-refractivity contribution < 1.29 is 4.79 Å². The van der Waals surface area contributed by atoms with Gasteiger partial charge in [0.25, 0.3) is 0 Å². The molecule has 1 fully saturated rings. The van der Waals surface area contributed by atoms with Gasteiger partial charge >= 0.3 is 6.03 Å². The summed E-state index contributed by atoms with van der Waals surface area (Å²) in [6, 6.07) is 15.9. The van der Waals surface area contributed by atoms with Crippen molar-refractivity contribution in [3.05, 3.63) is 66.5 Å². The predicted octanol–water partition coefficient (Wildman–Crippen LogP) is 5.57. The second kappa shape index (κ2) is 8.86. The maximum atomic E-state index is 12.6. The van der Waals surface area contributed by atoms with Crippen LogP contribution >= 0.6 is 0 Å². The number of rotatable bonds is 4. The molecule has 0 spiro atoms. The van der Waals surface area contributed by atoms with E-state index in [-0.39, 0.29) is 12.1 Å². The molecule has 1 aliphatic rings. The first kappa shape index (κ1) is 19.1. The molecule has 1 aromatic carbocycles. The molecule has 4 rings (SSSR count). The van der Waals surface area contributed by atoms with Crippen molar-refractivity contribution in [1.29, 1.82) is 0 Å². The number of pyridine rings is 2. The SMILES string of the molecule is Cc1cccc(NC(=O)NC2CCCCC2)c1-c1ccc(-c2ccccn2)nc1. The minimum absolute atomic E-state index is 0.137. The standard InChI is InChI=1S/C24H26N4O/c1-17-8-7-12-22(28-24(29)27-19-9-3-2-4-10-19)23(17)18-13-14-21(26-16-18)20-11-5-6-15-25-20/h5-8,11-16,19H,2-4,9-10H2,1H3,(H2,27,28,29). The number of carbonyl (C=O) groups is 1. The van der Waals surface area contributed by atoms with Crippen molar-refractivity contribution in [3.63, 3.8) is 0 Å². The van der Waals surface area contributed by atoms with E-state index in [1.54, 1.807) is 6.20 Å². The topological polar surface area (TPSA) is 66.9 Å². The van der Waals surface area contributed by atoms with Crippen LogP contribution < -0.4 is 10.6 Å². The molecule has 1 saturated carbocycles. The maximum absolute atomic E-state index is 12.6. The normalized spacial score (nSPS) is 14.4. The van der Waals surface area contributed by atoms with Crippen LogP contribution in [0.3, 0.4) is 0 Å².